The van der Waals surface area contributed by atoms with Crippen LogP contribution >= 0.6 is 22.7 Å². The van der Waals surface area contributed by atoms with Gasteiger partial charge in [-0.15, -0.1) is 22.7 Å². The molecule has 0 atom stereocenters. The molecule has 0 unspecified atom stereocenters. The first-order valence-corrected chi connectivity index (χ1v) is 10.8. The molecule has 1 amide bonds. The minimum Gasteiger partial charge on any atom is -0.493 e. The monoisotopic (exact) mass is 447 g/mol. The molecular weight excluding hydrogens is 426 g/mol. The van der Waals surface area contributed by atoms with Crippen molar-refractivity contribution in [1.29, 1.82) is 0 Å². The van der Waals surface area contributed by atoms with Crippen LogP contribution in [0.25, 0.3) is 9.40 Å². The number of ketones is 1. The second-order valence-electron chi connectivity index (χ2n) is 6.84. The summed E-state index contributed by atoms with van der Waals surface area (Å²) in [5, 5.41) is 3.49. The van der Waals surface area contributed by atoms with Gasteiger partial charge in [0.05, 0.1) is 42.1 Å². The Balaban J connectivity index is 1.74. The van der Waals surface area contributed by atoms with Crippen molar-refractivity contribution in [1.82, 2.24) is 5.32 Å². The molecular formula is C20H21N3O5S2. The van der Waals surface area contributed by atoms with Crippen molar-refractivity contribution in [3.8, 4) is 17.2 Å². The van der Waals surface area contributed by atoms with E-state index in [0.717, 1.165) is 16.9 Å². The number of thiophene rings is 2. The Morgan fingerprint density at radius 3 is 2.03 bits per heavy atom. The summed E-state index contributed by atoms with van der Waals surface area (Å²) in [6, 6.07) is 3.38. The Morgan fingerprint density at radius 2 is 1.53 bits per heavy atom. The van der Waals surface area contributed by atoms with Crippen molar-refractivity contribution < 1.29 is 23.8 Å². The number of nitrogens with one attached hydrogen (secondary N) is 1. The molecule has 10 heteroatoms. The van der Waals surface area contributed by atoms with E-state index in [4.69, 9.17) is 25.7 Å². The summed E-state index contributed by atoms with van der Waals surface area (Å²) in [5.41, 5.74) is 13.5. The number of methoxy groups -OCH3 is 3. The Bertz CT molecular complexity index is 1140. The Labute approximate surface area is 180 Å². The summed E-state index contributed by atoms with van der Waals surface area (Å²) in [7, 11) is 4.46. The normalized spacial score (nSPS) is 13.3. The highest BCUT2D eigenvalue weighted by Gasteiger charge is 2.29. The van der Waals surface area contributed by atoms with Gasteiger partial charge in [0.1, 0.15) is 9.75 Å². The number of ether oxygens (including phenoxy) is 3. The van der Waals surface area contributed by atoms with Crippen LogP contribution in [0.2, 0.25) is 0 Å². The van der Waals surface area contributed by atoms with Gasteiger partial charge < -0.3 is 31.0 Å². The summed E-state index contributed by atoms with van der Waals surface area (Å²) in [5.74, 6) is 0.655. The van der Waals surface area contributed by atoms with Crippen LogP contribution in [-0.2, 0) is 0 Å². The first-order valence-electron chi connectivity index (χ1n) is 9.15. The molecule has 0 aliphatic heterocycles. The lowest BCUT2D eigenvalue weighted by Crippen LogP contribution is -2.25. The zero-order valence-corrected chi connectivity index (χ0v) is 18.3. The molecule has 5 N–H and O–H groups in total. The van der Waals surface area contributed by atoms with E-state index in [1.54, 1.807) is 12.1 Å². The average molecular weight is 448 g/mol. The van der Waals surface area contributed by atoms with Crippen LogP contribution in [0.3, 0.4) is 0 Å². The minimum atomic E-state index is -0.288. The minimum absolute atomic E-state index is 0.194. The van der Waals surface area contributed by atoms with Crippen LogP contribution in [-0.4, -0.2) is 39.1 Å². The molecule has 1 saturated carbocycles. The van der Waals surface area contributed by atoms with Gasteiger partial charge in [0.15, 0.2) is 11.5 Å². The maximum atomic E-state index is 13.2. The van der Waals surface area contributed by atoms with E-state index in [9.17, 15) is 9.59 Å². The van der Waals surface area contributed by atoms with Crippen LogP contribution in [0, 0.1) is 0 Å². The fourth-order valence-corrected chi connectivity index (χ4v) is 5.64. The molecule has 158 valence electrons. The largest absolute Gasteiger partial charge is 0.493 e. The molecule has 30 heavy (non-hydrogen) atoms. The predicted octanol–water partition coefficient (Wildman–Crippen LogP) is 3.28. The number of fused-ring (bicyclic) bond motifs is 1. The molecule has 2 aromatic heterocycles. The van der Waals surface area contributed by atoms with Crippen molar-refractivity contribution in [2.24, 2.45) is 0 Å². The lowest BCUT2D eigenvalue weighted by Gasteiger charge is -2.13. The highest BCUT2D eigenvalue weighted by atomic mass is 32.2. The van der Waals surface area contributed by atoms with Crippen LogP contribution in [0.1, 0.15) is 37.7 Å². The van der Waals surface area contributed by atoms with Crippen molar-refractivity contribution in [3.63, 3.8) is 0 Å². The third kappa shape index (κ3) is 3.31. The van der Waals surface area contributed by atoms with E-state index < -0.39 is 0 Å². The third-order valence-electron chi connectivity index (χ3n) is 4.87. The number of carbonyl (C=O) groups excluding carboxylic acids is 2. The number of rotatable bonds is 7. The SMILES string of the molecule is COc1cc(C(=O)c2sc3sc(C(=O)NC4CC4)c(N)c3c2N)cc(OC)c1OC. The molecule has 0 spiro atoms. The van der Waals surface area contributed by atoms with Gasteiger partial charge in [-0.2, -0.15) is 0 Å². The molecule has 4 rings (SSSR count). The smallest absolute Gasteiger partial charge is 0.263 e. The van der Waals surface area contributed by atoms with E-state index in [2.05, 4.69) is 5.32 Å². The Hall–Kier alpha value is -2.98. The van der Waals surface area contributed by atoms with Crippen molar-refractivity contribution >= 4 is 55.1 Å². The fourth-order valence-electron chi connectivity index (χ4n) is 3.17. The molecule has 1 fully saturated rings. The van der Waals surface area contributed by atoms with Crippen molar-refractivity contribution in [2.75, 3.05) is 32.8 Å². The Morgan fingerprint density at radius 1 is 0.967 bits per heavy atom. The summed E-state index contributed by atoms with van der Waals surface area (Å²) < 4.78 is 16.7. The van der Waals surface area contributed by atoms with Crippen LogP contribution < -0.4 is 31.0 Å². The second kappa shape index (κ2) is 7.69. The lowest BCUT2D eigenvalue weighted by molar-refractivity contribution is 0.0955. The summed E-state index contributed by atoms with van der Waals surface area (Å²) in [4.78, 5) is 26.4. The number of nitrogens with two attached hydrogens (primary N) is 2. The zero-order chi connectivity index (χ0) is 21.6. The van der Waals surface area contributed by atoms with Gasteiger partial charge >= 0.3 is 0 Å². The maximum absolute atomic E-state index is 13.2. The van der Waals surface area contributed by atoms with Gasteiger partial charge in [0, 0.05) is 11.6 Å². The average Bonchev–Trinajstić information content (AvgIpc) is 3.41. The van der Waals surface area contributed by atoms with Crippen molar-refractivity contribution in [3.05, 3.63) is 27.5 Å². The summed E-state index contributed by atoms with van der Waals surface area (Å²) in [6.07, 6.45) is 1.97. The predicted molar refractivity (Wildman–Crippen MR) is 119 cm³/mol. The highest BCUT2D eigenvalue weighted by Crippen LogP contribution is 2.46. The third-order valence-corrected chi connectivity index (χ3v) is 7.37. The van der Waals surface area contributed by atoms with Gasteiger partial charge in [-0.3, -0.25) is 9.59 Å². The number of amides is 1. The van der Waals surface area contributed by atoms with E-state index in [0.29, 0.717) is 43.6 Å². The highest BCUT2D eigenvalue weighted by molar-refractivity contribution is 7.40. The standard InChI is InChI=1S/C20H21N3O5S2/c1-26-10-6-8(7-11(27-2)16(10)28-3)15(24)17-13(21)12-14(22)18(30-20(12)29-17)19(25)23-9-4-5-9/h6-7,9H,4-5,21-22H2,1-3H3,(H,23,25). The van der Waals surface area contributed by atoms with E-state index >= 15 is 0 Å². The van der Waals surface area contributed by atoms with Crippen LogP contribution in [0.15, 0.2) is 12.1 Å². The quantitative estimate of drug-likeness (QED) is 0.475. The molecule has 1 aliphatic rings. The number of nitrogen functional groups attached to an aromatic ring is 2. The molecule has 0 bridgehead atoms. The molecule has 3 aromatic rings. The number of benzene rings is 1. The van der Waals surface area contributed by atoms with E-state index in [1.165, 1.54) is 44.0 Å². The van der Waals surface area contributed by atoms with Crippen LogP contribution in [0.5, 0.6) is 17.2 Å². The van der Waals surface area contributed by atoms with Gasteiger partial charge in [-0.05, 0) is 25.0 Å². The molecule has 1 aromatic carbocycles. The zero-order valence-electron chi connectivity index (χ0n) is 16.7. The lowest BCUT2D eigenvalue weighted by atomic mass is 10.1. The van der Waals surface area contributed by atoms with Gasteiger partial charge in [-0.25, -0.2) is 0 Å². The summed E-state index contributed by atoms with van der Waals surface area (Å²) in [6.45, 7) is 0. The first kappa shape index (κ1) is 20.3. The van der Waals surface area contributed by atoms with Crippen LogP contribution in [0.4, 0.5) is 11.4 Å². The van der Waals surface area contributed by atoms with Gasteiger partial charge in [0.25, 0.3) is 5.91 Å². The van der Waals surface area contributed by atoms with Gasteiger partial charge in [0.2, 0.25) is 11.5 Å². The first-order chi connectivity index (χ1) is 14.4. The summed E-state index contributed by atoms with van der Waals surface area (Å²) >= 11 is 2.47. The number of carbonyl (C=O) groups is 2. The molecule has 0 saturated heterocycles. The van der Waals surface area contributed by atoms with E-state index in [-0.39, 0.29) is 23.4 Å². The molecule has 1 aliphatic carbocycles. The maximum Gasteiger partial charge on any atom is 0.263 e. The van der Waals surface area contributed by atoms with Gasteiger partial charge in [-0.1, -0.05) is 0 Å². The van der Waals surface area contributed by atoms with E-state index in [1.807, 2.05) is 0 Å². The molecule has 8 nitrogen and oxygen atoms in total. The number of hydrogen-bond donors (Lipinski definition) is 3. The fraction of sp³-hybridized carbons (Fsp3) is 0.300. The second-order valence-corrected chi connectivity index (χ2v) is 9.14. The Kier molecular flexibility index (Phi) is 5.20. The number of anilines is 2. The topological polar surface area (TPSA) is 126 Å². The molecule has 2 heterocycles. The number of hydrogen-bond acceptors (Lipinski definition) is 9. The molecule has 0 radical (unpaired) electrons. The van der Waals surface area contributed by atoms with Crippen molar-refractivity contribution in [2.45, 2.75) is 18.9 Å².